The van der Waals surface area contributed by atoms with Gasteiger partial charge < -0.3 is 14.6 Å². The number of rotatable bonds is 9. The maximum Gasteiger partial charge on any atom is 0.341 e. The zero-order chi connectivity index (χ0) is 22.4. The quantitative estimate of drug-likeness (QED) is 0.308. The molecular formula is C24H26N2O4S. The van der Waals surface area contributed by atoms with Gasteiger partial charge >= 0.3 is 5.97 Å². The third kappa shape index (κ3) is 5.70. The van der Waals surface area contributed by atoms with Gasteiger partial charge in [-0.15, -0.1) is 11.3 Å². The van der Waals surface area contributed by atoms with Crippen LogP contribution < -0.4 is 5.32 Å². The Morgan fingerprint density at radius 3 is 2.32 bits per heavy atom. The zero-order valence-corrected chi connectivity index (χ0v) is 18.8. The molecule has 2 heterocycles. The van der Waals surface area contributed by atoms with Gasteiger partial charge in [0.1, 0.15) is 5.00 Å². The average Bonchev–Trinajstić information content (AvgIpc) is 3.35. The molecular weight excluding hydrogens is 412 g/mol. The monoisotopic (exact) mass is 438 g/mol. The molecule has 0 radical (unpaired) electrons. The second-order valence-electron chi connectivity index (χ2n) is 7.37. The molecule has 0 saturated heterocycles. The first-order valence-corrected chi connectivity index (χ1v) is 11.0. The third-order valence-electron chi connectivity index (χ3n) is 4.97. The van der Waals surface area contributed by atoms with Gasteiger partial charge in [0, 0.05) is 30.4 Å². The highest BCUT2D eigenvalue weighted by molar-refractivity contribution is 7.13. The Labute approximate surface area is 185 Å². The number of nitrogens with zero attached hydrogens (tertiary/aromatic N) is 1. The highest BCUT2D eigenvalue weighted by Gasteiger charge is 2.19. The molecule has 1 aromatic carbocycles. The number of esters is 1. The van der Waals surface area contributed by atoms with E-state index in [1.54, 1.807) is 18.2 Å². The summed E-state index contributed by atoms with van der Waals surface area (Å²) in [6, 6.07) is 13.0. The van der Waals surface area contributed by atoms with Gasteiger partial charge in [0.15, 0.2) is 12.4 Å². The second kappa shape index (κ2) is 10.2. The van der Waals surface area contributed by atoms with Gasteiger partial charge in [-0.05, 0) is 55.8 Å². The van der Waals surface area contributed by atoms with Gasteiger partial charge in [0.25, 0.3) is 0 Å². The molecule has 1 N–H and O–H groups in total. The first-order chi connectivity index (χ1) is 14.9. The maximum absolute atomic E-state index is 12.6. The Bertz CT molecular complexity index is 1060. The molecule has 0 aliphatic carbocycles. The molecule has 0 bridgehead atoms. The number of ketones is 1. The van der Waals surface area contributed by atoms with Crippen molar-refractivity contribution in [2.45, 2.75) is 33.6 Å². The number of thiophene rings is 1. The molecule has 1 amide bonds. The van der Waals surface area contributed by atoms with Gasteiger partial charge in [-0.2, -0.15) is 0 Å². The average molecular weight is 439 g/mol. The van der Waals surface area contributed by atoms with E-state index in [9.17, 15) is 14.4 Å². The number of nitrogens with one attached hydrogen (secondary N) is 1. The lowest BCUT2D eigenvalue weighted by molar-refractivity contribution is -0.118. The van der Waals surface area contributed by atoms with E-state index in [-0.39, 0.29) is 18.3 Å². The van der Waals surface area contributed by atoms with E-state index in [1.807, 2.05) is 48.1 Å². The SMILES string of the molecule is CC(=O)NCCCc1ccc(C(=O)COC(=O)c2ccsc2-n2c(C)ccc2C)cc1. The number of aromatic nitrogens is 1. The van der Waals surface area contributed by atoms with E-state index in [0.29, 0.717) is 17.7 Å². The smallest absolute Gasteiger partial charge is 0.341 e. The standard InChI is InChI=1S/C24H26N2O4S/c1-16-6-7-17(2)26(16)23-21(12-14-31-23)24(29)30-15-22(28)20-10-8-19(9-11-20)5-4-13-25-18(3)27/h6-12,14H,4-5,13,15H2,1-3H3,(H,25,27). The van der Waals surface area contributed by atoms with Crippen molar-refractivity contribution in [3.63, 3.8) is 0 Å². The summed E-state index contributed by atoms with van der Waals surface area (Å²) in [4.78, 5) is 36.0. The van der Waals surface area contributed by atoms with E-state index in [2.05, 4.69) is 5.32 Å². The summed E-state index contributed by atoms with van der Waals surface area (Å²) in [6.07, 6.45) is 1.64. The van der Waals surface area contributed by atoms with Crippen LogP contribution in [0.5, 0.6) is 0 Å². The van der Waals surface area contributed by atoms with Crippen molar-refractivity contribution < 1.29 is 19.1 Å². The van der Waals surface area contributed by atoms with Crippen molar-refractivity contribution in [1.82, 2.24) is 9.88 Å². The van der Waals surface area contributed by atoms with Gasteiger partial charge in [-0.3, -0.25) is 9.59 Å². The summed E-state index contributed by atoms with van der Waals surface area (Å²) >= 11 is 1.46. The lowest BCUT2D eigenvalue weighted by Gasteiger charge is -2.10. The highest BCUT2D eigenvalue weighted by atomic mass is 32.1. The van der Waals surface area contributed by atoms with Crippen LogP contribution >= 0.6 is 11.3 Å². The Morgan fingerprint density at radius 2 is 1.68 bits per heavy atom. The van der Waals surface area contributed by atoms with E-state index in [0.717, 1.165) is 34.8 Å². The largest absolute Gasteiger partial charge is 0.454 e. The summed E-state index contributed by atoms with van der Waals surface area (Å²) in [7, 11) is 0. The minimum absolute atomic E-state index is 0.0382. The molecule has 6 nitrogen and oxygen atoms in total. The molecule has 0 atom stereocenters. The summed E-state index contributed by atoms with van der Waals surface area (Å²) in [5, 5.41) is 5.40. The minimum Gasteiger partial charge on any atom is -0.454 e. The van der Waals surface area contributed by atoms with Crippen LogP contribution in [-0.2, 0) is 16.0 Å². The first-order valence-electron chi connectivity index (χ1n) is 10.1. The number of amides is 1. The Morgan fingerprint density at radius 1 is 1.00 bits per heavy atom. The fourth-order valence-electron chi connectivity index (χ4n) is 3.32. The number of Topliss-reactive ketones (excluding diaryl/α,β-unsaturated/α-hetero) is 1. The third-order valence-corrected chi connectivity index (χ3v) is 5.86. The number of ether oxygens (including phenoxy) is 1. The maximum atomic E-state index is 12.6. The molecule has 7 heteroatoms. The van der Waals surface area contributed by atoms with Gasteiger partial charge in [-0.1, -0.05) is 24.3 Å². The molecule has 162 valence electrons. The lowest BCUT2D eigenvalue weighted by Crippen LogP contribution is -2.21. The van der Waals surface area contributed by atoms with Crippen LogP contribution in [0.1, 0.15) is 51.0 Å². The second-order valence-corrected chi connectivity index (χ2v) is 8.27. The van der Waals surface area contributed by atoms with Crippen molar-refractivity contribution in [1.29, 1.82) is 0 Å². The normalized spacial score (nSPS) is 10.7. The molecule has 0 unspecified atom stereocenters. The predicted molar refractivity (Wildman–Crippen MR) is 121 cm³/mol. The van der Waals surface area contributed by atoms with Crippen LogP contribution in [0.2, 0.25) is 0 Å². The number of carbonyl (C=O) groups is 3. The molecule has 0 saturated carbocycles. The van der Waals surface area contributed by atoms with Crippen molar-refractivity contribution >= 4 is 29.0 Å². The number of benzene rings is 1. The predicted octanol–water partition coefficient (Wildman–Crippen LogP) is 4.26. The van der Waals surface area contributed by atoms with E-state index < -0.39 is 5.97 Å². The van der Waals surface area contributed by atoms with Crippen LogP contribution in [0, 0.1) is 13.8 Å². The fraction of sp³-hybridized carbons (Fsp3) is 0.292. The van der Waals surface area contributed by atoms with E-state index in [1.165, 1.54) is 18.3 Å². The molecule has 2 aromatic heterocycles. The van der Waals surface area contributed by atoms with Crippen LogP contribution in [0.3, 0.4) is 0 Å². The summed E-state index contributed by atoms with van der Waals surface area (Å²) in [5.74, 6) is -0.793. The van der Waals surface area contributed by atoms with Gasteiger partial charge in [0.05, 0.1) is 5.56 Å². The zero-order valence-electron chi connectivity index (χ0n) is 17.9. The number of aryl methyl sites for hydroxylation is 3. The van der Waals surface area contributed by atoms with Crippen molar-refractivity contribution in [3.05, 3.63) is 75.9 Å². The fourth-order valence-corrected chi connectivity index (χ4v) is 4.33. The van der Waals surface area contributed by atoms with Gasteiger partial charge in [0.2, 0.25) is 5.91 Å². The van der Waals surface area contributed by atoms with Crippen molar-refractivity contribution in [3.8, 4) is 5.00 Å². The highest BCUT2D eigenvalue weighted by Crippen LogP contribution is 2.26. The lowest BCUT2D eigenvalue weighted by atomic mass is 10.1. The topological polar surface area (TPSA) is 77.4 Å². The molecule has 0 aliphatic heterocycles. The van der Waals surface area contributed by atoms with Crippen LogP contribution in [-0.4, -0.2) is 35.4 Å². The van der Waals surface area contributed by atoms with E-state index in [4.69, 9.17) is 4.74 Å². The van der Waals surface area contributed by atoms with E-state index >= 15 is 0 Å². The Kier molecular flexibility index (Phi) is 7.41. The molecule has 3 rings (SSSR count). The number of hydrogen-bond acceptors (Lipinski definition) is 5. The summed E-state index contributed by atoms with van der Waals surface area (Å²) in [6.45, 7) is 5.77. The van der Waals surface area contributed by atoms with Gasteiger partial charge in [-0.25, -0.2) is 4.79 Å². The van der Waals surface area contributed by atoms with Crippen molar-refractivity contribution in [2.75, 3.05) is 13.2 Å². The molecule has 0 spiro atoms. The summed E-state index contributed by atoms with van der Waals surface area (Å²) < 4.78 is 7.33. The Balaban J connectivity index is 1.56. The number of hydrogen-bond donors (Lipinski definition) is 1. The molecule has 0 fully saturated rings. The Hall–Kier alpha value is -3.19. The first kappa shape index (κ1) is 22.5. The van der Waals surface area contributed by atoms with Crippen LogP contribution in [0.25, 0.3) is 5.00 Å². The number of carbonyl (C=O) groups excluding carboxylic acids is 3. The van der Waals surface area contributed by atoms with Crippen LogP contribution in [0.4, 0.5) is 0 Å². The minimum atomic E-state index is -0.508. The molecule has 31 heavy (non-hydrogen) atoms. The molecule has 0 aliphatic rings. The van der Waals surface area contributed by atoms with Crippen molar-refractivity contribution in [2.24, 2.45) is 0 Å². The van der Waals surface area contributed by atoms with Crippen LogP contribution in [0.15, 0.2) is 47.8 Å². The summed E-state index contributed by atoms with van der Waals surface area (Å²) in [5.41, 5.74) is 4.10. The molecule has 3 aromatic rings.